The van der Waals surface area contributed by atoms with Gasteiger partial charge < -0.3 is 19.4 Å². The maximum absolute atomic E-state index is 12.9. The summed E-state index contributed by atoms with van der Waals surface area (Å²) in [4.78, 5) is 23.0. The van der Waals surface area contributed by atoms with Gasteiger partial charge in [-0.2, -0.15) is 0 Å². The van der Waals surface area contributed by atoms with Gasteiger partial charge in [0.2, 0.25) is 5.91 Å². The Kier molecular flexibility index (Phi) is 5.67. The quantitative estimate of drug-likeness (QED) is 0.672. The van der Waals surface area contributed by atoms with Crippen molar-refractivity contribution in [3.63, 3.8) is 0 Å². The van der Waals surface area contributed by atoms with Gasteiger partial charge in [-0.3, -0.25) is 9.78 Å². The summed E-state index contributed by atoms with van der Waals surface area (Å²) in [5.41, 5.74) is 3.74. The molecule has 1 aromatic carbocycles. The van der Waals surface area contributed by atoms with Gasteiger partial charge in [-0.25, -0.2) is 0 Å². The number of carbonyl (C=O) groups excluding carboxylic acids is 1. The van der Waals surface area contributed by atoms with Crippen LogP contribution in [-0.4, -0.2) is 48.1 Å². The number of hydrogen-bond acceptors (Lipinski definition) is 5. The molecular weight excluding hydrogens is 338 g/mol. The number of carbonyl (C=O) groups is 1. The summed E-state index contributed by atoms with van der Waals surface area (Å²) < 4.78 is 10.4. The van der Waals surface area contributed by atoms with Crippen molar-refractivity contribution in [3.8, 4) is 5.75 Å². The molecule has 0 aliphatic rings. The van der Waals surface area contributed by atoms with Gasteiger partial charge in [0.1, 0.15) is 5.75 Å². The Morgan fingerprint density at radius 1 is 1.36 bits per heavy atom. The van der Waals surface area contributed by atoms with E-state index in [1.54, 1.807) is 37.3 Å². The molecule has 3 rings (SSSR count). The summed E-state index contributed by atoms with van der Waals surface area (Å²) in [7, 11) is 3.28. The zero-order valence-electron chi connectivity index (χ0n) is 14.3. The number of amides is 1. The van der Waals surface area contributed by atoms with Crippen molar-refractivity contribution in [1.82, 2.24) is 14.9 Å². The molecule has 2 aromatic heterocycles. The molecule has 1 amide bonds. The summed E-state index contributed by atoms with van der Waals surface area (Å²) in [5.74, 6) is 0.843. The Morgan fingerprint density at radius 2 is 2.24 bits per heavy atom. The molecule has 3 aromatic rings. The van der Waals surface area contributed by atoms with Crippen LogP contribution >= 0.6 is 11.3 Å². The molecule has 0 unspecified atom stereocenters. The molecule has 6 nitrogen and oxygen atoms in total. The number of benzene rings is 1. The van der Waals surface area contributed by atoms with Gasteiger partial charge in [-0.1, -0.05) is 0 Å². The van der Waals surface area contributed by atoms with Crippen LogP contribution in [-0.2, 0) is 22.5 Å². The Bertz CT molecular complexity index is 829. The topological polar surface area (TPSA) is 67.5 Å². The largest absolute Gasteiger partial charge is 0.497 e. The minimum Gasteiger partial charge on any atom is -0.497 e. The Balaban J connectivity index is 1.78. The number of hydrogen-bond donors (Lipinski definition) is 1. The van der Waals surface area contributed by atoms with Crippen LogP contribution in [0.4, 0.5) is 0 Å². The first-order valence-electron chi connectivity index (χ1n) is 7.99. The highest BCUT2D eigenvalue weighted by Gasteiger charge is 2.17. The lowest BCUT2D eigenvalue weighted by Gasteiger charge is -2.21. The zero-order chi connectivity index (χ0) is 17.6. The maximum Gasteiger partial charge on any atom is 0.227 e. The van der Waals surface area contributed by atoms with E-state index < -0.39 is 0 Å². The number of fused-ring (bicyclic) bond motifs is 1. The first-order chi connectivity index (χ1) is 12.2. The van der Waals surface area contributed by atoms with E-state index in [9.17, 15) is 4.79 Å². The van der Waals surface area contributed by atoms with E-state index in [1.807, 2.05) is 29.3 Å². The van der Waals surface area contributed by atoms with Crippen LogP contribution in [0, 0.1) is 0 Å². The second kappa shape index (κ2) is 8.13. The molecule has 132 valence electrons. The molecule has 7 heteroatoms. The zero-order valence-corrected chi connectivity index (χ0v) is 15.1. The molecule has 0 radical (unpaired) electrons. The SMILES string of the molecule is COCCN(Cc1cncs1)C(=O)Cc1c[nH]c2ccc(OC)cc12. The van der Waals surface area contributed by atoms with Crippen LogP contribution in [0.3, 0.4) is 0 Å². The molecule has 0 aliphatic carbocycles. The molecular formula is C18H21N3O3S. The highest BCUT2D eigenvalue weighted by molar-refractivity contribution is 7.09. The molecule has 0 saturated carbocycles. The van der Waals surface area contributed by atoms with Crippen molar-refractivity contribution < 1.29 is 14.3 Å². The number of rotatable bonds is 8. The number of thiazole rings is 1. The number of ether oxygens (including phenoxy) is 2. The highest BCUT2D eigenvalue weighted by Crippen LogP contribution is 2.24. The lowest BCUT2D eigenvalue weighted by Crippen LogP contribution is -2.34. The monoisotopic (exact) mass is 359 g/mol. The second-order valence-electron chi connectivity index (χ2n) is 5.68. The fourth-order valence-electron chi connectivity index (χ4n) is 2.71. The van der Waals surface area contributed by atoms with E-state index in [0.29, 0.717) is 26.1 Å². The van der Waals surface area contributed by atoms with Crippen molar-refractivity contribution in [2.45, 2.75) is 13.0 Å². The third-order valence-corrected chi connectivity index (χ3v) is 4.83. The molecule has 0 spiro atoms. The summed E-state index contributed by atoms with van der Waals surface area (Å²) in [6, 6.07) is 5.82. The van der Waals surface area contributed by atoms with E-state index in [2.05, 4.69) is 9.97 Å². The number of nitrogens with zero attached hydrogens (tertiary/aromatic N) is 2. The van der Waals surface area contributed by atoms with Gasteiger partial charge in [0.05, 0.1) is 32.2 Å². The first kappa shape index (κ1) is 17.4. The van der Waals surface area contributed by atoms with Crippen LogP contribution in [0.5, 0.6) is 5.75 Å². The van der Waals surface area contributed by atoms with Gasteiger partial charge in [0, 0.05) is 41.8 Å². The molecule has 0 saturated heterocycles. The number of nitrogens with one attached hydrogen (secondary N) is 1. The lowest BCUT2D eigenvalue weighted by molar-refractivity contribution is -0.131. The van der Waals surface area contributed by atoms with Crippen LogP contribution < -0.4 is 4.74 Å². The Labute approximate surface area is 150 Å². The fourth-order valence-corrected chi connectivity index (χ4v) is 3.32. The average Bonchev–Trinajstić information content (AvgIpc) is 3.28. The smallest absolute Gasteiger partial charge is 0.227 e. The predicted molar refractivity (Wildman–Crippen MR) is 98.0 cm³/mol. The lowest BCUT2D eigenvalue weighted by atomic mass is 10.1. The third-order valence-electron chi connectivity index (χ3n) is 4.06. The highest BCUT2D eigenvalue weighted by atomic mass is 32.1. The normalized spacial score (nSPS) is 11.0. The molecule has 0 bridgehead atoms. The van der Waals surface area contributed by atoms with Crippen LogP contribution in [0.1, 0.15) is 10.4 Å². The van der Waals surface area contributed by atoms with Crippen molar-refractivity contribution in [3.05, 3.63) is 46.5 Å². The van der Waals surface area contributed by atoms with Crippen molar-refractivity contribution in [2.24, 2.45) is 0 Å². The Hall–Kier alpha value is -2.38. The van der Waals surface area contributed by atoms with Gasteiger partial charge >= 0.3 is 0 Å². The van der Waals surface area contributed by atoms with Crippen molar-refractivity contribution in [1.29, 1.82) is 0 Å². The van der Waals surface area contributed by atoms with E-state index in [1.165, 1.54) is 0 Å². The first-order valence-corrected chi connectivity index (χ1v) is 8.87. The molecule has 1 N–H and O–H groups in total. The second-order valence-corrected chi connectivity index (χ2v) is 6.65. The minimum atomic E-state index is 0.0640. The van der Waals surface area contributed by atoms with Crippen LogP contribution in [0.25, 0.3) is 10.9 Å². The predicted octanol–water partition coefficient (Wildman–Crippen LogP) is 2.85. The molecule has 0 atom stereocenters. The van der Waals surface area contributed by atoms with Gasteiger partial charge in [0.15, 0.2) is 0 Å². The summed E-state index contributed by atoms with van der Waals surface area (Å²) in [6.45, 7) is 1.61. The summed E-state index contributed by atoms with van der Waals surface area (Å²) in [6.07, 6.45) is 4.02. The van der Waals surface area contributed by atoms with Gasteiger partial charge in [0.25, 0.3) is 0 Å². The van der Waals surface area contributed by atoms with Crippen molar-refractivity contribution >= 4 is 28.1 Å². The van der Waals surface area contributed by atoms with Gasteiger partial charge in [-0.15, -0.1) is 11.3 Å². The molecule has 0 fully saturated rings. The number of aromatic nitrogens is 2. The fraction of sp³-hybridized carbons (Fsp3) is 0.333. The molecule has 0 aliphatic heterocycles. The number of H-pyrrole nitrogens is 1. The van der Waals surface area contributed by atoms with Crippen molar-refractivity contribution in [2.75, 3.05) is 27.4 Å². The van der Waals surface area contributed by atoms with E-state index in [4.69, 9.17) is 9.47 Å². The standard InChI is InChI=1S/C18H21N3O3S/c1-23-6-5-21(11-15-10-19-12-25-15)18(22)7-13-9-20-17-4-3-14(24-2)8-16(13)17/h3-4,8-10,12,20H,5-7,11H2,1-2H3. The van der Waals surface area contributed by atoms with Gasteiger partial charge in [-0.05, 0) is 23.8 Å². The maximum atomic E-state index is 12.9. The van der Waals surface area contributed by atoms with Crippen LogP contribution in [0.2, 0.25) is 0 Å². The van der Waals surface area contributed by atoms with E-state index in [-0.39, 0.29) is 5.91 Å². The molecule has 25 heavy (non-hydrogen) atoms. The molecule has 2 heterocycles. The number of methoxy groups -OCH3 is 2. The summed E-state index contributed by atoms with van der Waals surface area (Å²) >= 11 is 1.55. The number of aromatic amines is 1. The summed E-state index contributed by atoms with van der Waals surface area (Å²) in [5, 5.41) is 1.01. The van der Waals surface area contributed by atoms with E-state index >= 15 is 0 Å². The minimum absolute atomic E-state index is 0.0640. The average molecular weight is 359 g/mol. The Morgan fingerprint density at radius 3 is 2.96 bits per heavy atom. The van der Waals surface area contributed by atoms with E-state index in [0.717, 1.165) is 27.1 Å². The van der Waals surface area contributed by atoms with Crippen LogP contribution in [0.15, 0.2) is 36.1 Å². The third kappa shape index (κ3) is 4.18.